The van der Waals surface area contributed by atoms with Crippen LogP contribution in [-0.4, -0.2) is 43.6 Å². The Hall–Kier alpha value is -3.71. The molecule has 0 spiro atoms. The van der Waals surface area contributed by atoms with Gasteiger partial charge in [-0.1, -0.05) is 30.3 Å². The Morgan fingerprint density at radius 1 is 0.970 bits per heavy atom. The predicted octanol–water partition coefficient (Wildman–Crippen LogP) is 4.34. The number of amides is 1. The van der Waals surface area contributed by atoms with E-state index in [2.05, 4.69) is 11.1 Å². The van der Waals surface area contributed by atoms with E-state index in [1.807, 2.05) is 48.7 Å². The van der Waals surface area contributed by atoms with Gasteiger partial charge in [0.05, 0.1) is 17.0 Å². The molecule has 1 aliphatic rings. The van der Waals surface area contributed by atoms with Gasteiger partial charge in [0.1, 0.15) is 12.4 Å². The topological polar surface area (TPSA) is 76.6 Å². The van der Waals surface area contributed by atoms with Gasteiger partial charge in [0.15, 0.2) is 9.84 Å². The third kappa shape index (κ3) is 4.32. The first-order valence-corrected chi connectivity index (χ1v) is 12.5. The van der Waals surface area contributed by atoms with Crippen LogP contribution in [0.3, 0.4) is 0 Å². The number of carbonyl (C=O) groups excluding carboxylic acids is 1. The summed E-state index contributed by atoms with van der Waals surface area (Å²) in [5, 5.41) is 1.06. The highest BCUT2D eigenvalue weighted by Crippen LogP contribution is 2.31. The summed E-state index contributed by atoms with van der Waals surface area (Å²) in [6, 6.07) is 22.2. The van der Waals surface area contributed by atoms with Crippen LogP contribution in [-0.2, 0) is 16.4 Å². The summed E-state index contributed by atoms with van der Waals surface area (Å²) in [5.74, 6) is 0.516. The highest BCUT2D eigenvalue weighted by Gasteiger charge is 2.22. The van der Waals surface area contributed by atoms with Crippen molar-refractivity contribution < 1.29 is 17.9 Å². The number of sulfone groups is 1. The zero-order chi connectivity index (χ0) is 23.0. The Balaban J connectivity index is 1.46. The number of aromatic nitrogens is 1. The maximum absolute atomic E-state index is 13.2. The quantitative estimate of drug-likeness (QED) is 0.457. The normalized spacial score (nSPS) is 13.8. The number of benzene rings is 3. The molecule has 0 saturated carbocycles. The molecule has 4 aromatic rings. The second-order valence-corrected chi connectivity index (χ2v) is 10.1. The largest absolute Gasteiger partial charge is 0.491 e. The van der Waals surface area contributed by atoms with E-state index in [-0.39, 0.29) is 10.8 Å². The molecule has 6 nitrogen and oxygen atoms in total. The van der Waals surface area contributed by atoms with E-state index in [1.165, 1.54) is 12.1 Å². The molecular formula is C26H22N2O4S. The zero-order valence-corrected chi connectivity index (χ0v) is 18.9. The first kappa shape index (κ1) is 21.2. The second-order valence-electron chi connectivity index (χ2n) is 8.11. The van der Waals surface area contributed by atoms with Gasteiger partial charge in [-0.2, -0.15) is 0 Å². The maximum Gasteiger partial charge on any atom is 0.254 e. The number of ether oxygens (including phenoxy) is 1. The molecule has 33 heavy (non-hydrogen) atoms. The molecule has 0 atom stereocenters. The van der Waals surface area contributed by atoms with Crippen molar-refractivity contribution in [1.82, 2.24) is 9.88 Å². The number of hydrogen-bond acceptors (Lipinski definition) is 5. The fourth-order valence-electron chi connectivity index (χ4n) is 4.02. The fourth-order valence-corrected chi connectivity index (χ4v) is 4.69. The monoisotopic (exact) mass is 458 g/mol. The number of carbonyl (C=O) groups is 1. The van der Waals surface area contributed by atoms with Gasteiger partial charge in [-0.3, -0.25) is 9.78 Å². The van der Waals surface area contributed by atoms with Crippen LogP contribution in [0.5, 0.6) is 5.75 Å². The molecule has 3 aromatic carbocycles. The van der Waals surface area contributed by atoms with Gasteiger partial charge in [0.2, 0.25) is 0 Å². The summed E-state index contributed by atoms with van der Waals surface area (Å²) in [6.07, 6.45) is 2.98. The molecule has 0 N–H and O–H groups in total. The maximum atomic E-state index is 13.2. The summed E-state index contributed by atoms with van der Waals surface area (Å²) in [4.78, 5) is 19.6. The molecule has 0 fully saturated rings. The van der Waals surface area contributed by atoms with Crippen molar-refractivity contribution in [2.75, 3.05) is 19.4 Å². The minimum atomic E-state index is -3.40. The fraction of sp³-hybridized carbons (Fsp3) is 0.154. The summed E-state index contributed by atoms with van der Waals surface area (Å²) >= 11 is 0. The number of fused-ring (bicyclic) bond motifs is 2. The van der Waals surface area contributed by atoms with Crippen LogP contribution < -0.4 is 4.74 Å². The third-order valence-electron chi connectivity index (χ3n) is 5.76. The lowest BCUT2D eigenvalue weighted by molar-refractivity contribution is 0.0733. The first-order chi connectivity index (χ1) is 15.9. The second kappa shape index (κ2) is 8.33. The number of para-hydroxylation sites is 1. The van der Waals surface area contributed by atoms with Crippen molar-refractivity contribution in [3.8, 4) is 16.9 Å². The Bertz CT molecular complexity index is 1480. The molecule has 1 amide bonds. The lowest BCUT2D eigenvalue weighted by Crippen LogP contribution is -2.32. The van der Waals surface area contributed by atoms with E-state index < -0.39 is 9.84 Å². The van der Waals surface area contributed by atoms with Crippen molar-refractivity contribution >= 4 is 26.6 Å². The minimum Gasteiger partial charge on any atom is -0.491 e. The number of hydrogen-bond donors (Lipinski definition) is 0. The zero-order valence-electron chi connectivity index (χ0n) is 18.1. The molecule has 7 heteroatoms. The summed E-state index contributed by atoms with van der Waals surface area (Å²) in [5.41, 5.74) is 4.15. The van der Waals surface area contributed by atoms with E-state index in [4.69, 9.17) is 4.74 Å². The number of nitrogens with zero attached hydrogens (tertiary/aromatic N) is 2. The van der Waals surface area contributed by atoms with Crippen molar-refractivity contribution in [2.24, 2.45) is 0 Å². The van der Waals surface area contributed by atoms with Gasteiger partial charge in [0, 0.05) is 41.1 Å². The van der Waals surface area contributed by atoms with Gasteiger partial charge in [-0.15, -0.1) is 0 Å². The van der Waals surface area contributed by atoms with Gasteiger partial charge in [0.25, 0.3) is 5.91 Å². The van der Waals surface area contributed by atoms with Crippen molar-refractivity contribution in [2.45, 2.75) is 11.4 Å². The van der Waals surface area contributed by atoms with Crippen LogP contribution in [0, 0.1) is 0 Å². The number of rotatable bonds is 3. The molecule has 0 unspecified atom stereocenters. The van der Waals surface area contributed by atoms with Gasteiger partial charge in [-0.05, 0) is 48.0 Å². The lowest BCUT2D eigenvalue weighted by atomic mass is 10.0. The molecule has 166 valence electrons. The average Bonchev–Trinajstić information content (AvgIpc) is 3.05. The molecule has 0 saturated heterocycles. The molecule has 0 radical (unpaired) electrons. The van der Waals surface area contributed by atoms with Crippen LogP contribution in [0.4, 0.5) is 0 Å². The Morgan fingerprint density at radius 3 is 2.67 bits per heavy atom. The van der Waals surface area contributed by atoms with E-state index in [1.54, 1.807) is 17.0 Å². The van der Waals surface area contributed by atoms with Crippen LogP contribution in [0.25, 0.3) is 22.0 Å². The molecular weight excluding hydrogens is 436 g/mol. The first-order valence-electron chi connectivity index (χ1n) is 10.6. The molecule has 2 heterocycles. The van der Waals surface area contributed by atoms with Crippen molar-refractivity contribution in [3.05, 3.63) is 90.1 Å². The number of pyridine rings is 1. The van der Waals surface area contributed by atoms with E-state index in [0.717, 1.165) is 39.6 Å². The van der Waals surface area contributed by atoms with Gasteiger partial charge < -0.3 is 9.64 Å². The summed E-state index contributed by atoms with van der Waals surface area (Å²) in [7, 11) is -3.40. The van der Waals surface area contributed by atoms with Crippen molar-refractivity contribution in [3.63, 3.8) is 0 Å². The molecule has 0 bridgehead atoms. The standard InChI is InChI=1S/C26H22N2O4S/c1-33(30,31)23-7-4-6-20(15-23)26(29)28-11-12-32-25-10-9-18(13-22(25)17-28)21-14-19-5-2-3-8-24(19)27-16-21/h2-10,13-16H,11-12,17H2,1H3. The molecule has 1 aliphatic heterocycles. The Morgan fingerprint density at radius 2 is 1.82 bits per heavy atom. The van der Waals surface area contributed by atoms with Crippen LogP contribution in [0.15, 0.2) is 83.9 Å². The van der Waals surface area contributed by atoms with Crippen molar-refractivity contribution in [1.29, 1.82) is 0 Å². The van der Waals surface area contributed by atoms with E-state index in [9.17, 15) is 13.2 Å². The SMILES string of the molecule is CS(=O)(=O)c1cccc(C(=O)N2CCOc3ccc(-c4cnc5ccccc5c4)cc3C2)c1. The van der Waals surface area contributed by atoms with Crippen LogP contribution in [0.1, 0.15) is 15.9 Å². The van der Waals surface area contributed by atoms with Gasteiger partial charge >= 0.3 is 0 Å². The van der Waals surface area contributed by atoms with Crippen LogP contribution in [0.2, 0.25) is 0 Å². The molecule has 5 rings (SSSR count). The third-order valence-corrected chi connectivity index (χ3v) is 6.87. The average molecular weight is 459 g/mol. The van der Waals surface area contributed by atoms with E-state index >= 15 is 0 Å². The minimum absolute atomic E-state index is 0.130. The van der Waals surface area contributed by atoms with Gasteiger partial charge in [-0.25, -0.2) is 8.42 Å². The Labute approximate surface area is 192 Å². The van der Waals surface area contributed by atoms with E-state index in [0.29, 0.717) is 25.3 Å². The lowest BCUT2D eigenvalue weighted by Gasteiger charge is -2.20. The highest BCUT2D eigenvalue weighted by atomic mass is 32.2. The summed E-state index contributed by atoms with van der Waals surface area (Å²) < 4.78 is 29.7. The molecule has 1 aromatic heterocycles. The predicted molar refractivity (Wildman–Crippen MR) is 127 cm³/mol. The van der Waals surface area contributed by atoms with Crippen LogP contribution >= 0.6 is 0 Å². The molecule has 0 aliphatic carbocycles. The summed E-state index contributed by atoms with van der Waals surface area (Å²) in [6.45, 7) is 1.14. The highest BCUT2D eigenvalue weighted by molar-refractivity contribution is 7.90. The Kier molecular flexibility index (Phi) is 5.34. The smallest absolute Gasteiger partial charge is 0.254 e.